The molecule has 0 saturated carbocycles. The van der Waals surface area contributed by atoms with Crippen LogP contribution in [0.1, 0.15) is 22.8 Å². The van der Waals surface area contributed by atoms with Crippen molar-refractivity contribution < 1.29 is 23.9 Å². The van der Waals surface area contributed by atoms with Gasteiger partial charge in [-0.05, 0) is 19.1 Å². The van der Waals surface area contributed by atoms with Crippen molar-refractivity contribution >= 4 is 17.3 Å². The van der Waals surface area contributed by atoms with Crippen LogP contribution in [0.25, 0.3) is 0 Å². The maximum absolute atomic E-state index is 12.4. The van der Waals surface area contributed by atoms with Gasteiger partial charge in [0, 0.05) is 23.3 Å². The summed E-state index contributed by atoms with van der Waals surface area (Å²) in [5, 5.41) is 14.9. The van der Waals surface area contributed by atoms with Gasteiger partial charge in [-0.2, -0.15) is 5.10 Å². The van der Waals surface area contributed by atoms with Crippen LogP contribution in [0.15, 0.2) is 41.5 Å². The molecule has 0 fully saturated rings. The predicted octanol–water partition coefficient (Wildman–Crippen LogP) is 2.77. The molecule has 0 bridgehead atoms. The number of methoxy groups -OCH3 is 3. The minimum Gasteiger partial charge on any atom is -0.493 e. The number of hydrazone groups is 1. The molecule has 0 aliphatic carbocycles. The fourth-order valence-electron chi connectivity index (χ4n) is 2.32. The molecule has 9 nitrogen and oxygen atoms in total. The van der Waals surface area contributed by atoms with Crippen LogP contribution < -0.4 is 19.6 Å². The average Bonchev–Trinajstić information content (AvgIpc) is 2.70. The van der Waals surface area contributed by atoms with E-state index in [4.69, 9.17) is 14.2 Å². The van der Waals surface area contributed by atoms with Crippen molar-refractivity contribution in [1.29, 1.82) is 0 Å². The molecular weight excluding hydrogens is 354 g/mol. The first kappa shape index (κ1) is 19.7. The van der Waals surface area contributed by atoms with E-state index in [1.165, 1.54) is 45.6 Å². The number of hydrogen-bond donors (Lipinski definition) is 1. The van der Waals surface area contributed by atoms with E-state index in [0.717, 1.165) is 0 Å². The molecule has 0 aliphatic heterocycles. The quantitative estimate of drug-likeness (QED) is 0.454. The minimum absolute atomic E-state index is 0.0574. The van der Waals surface area contributed by atoms with E-state index in [0.29, 0.717) is 28.5 Å². The van der Waals surface area contributed by atoms with Crippen LogP contribution in [0.4, 0.5) is 5.69 Å². The molecule has 1 N–H and O–H groups in total. The molecule has 0 unspecified atom stereocenters. The van der Waals surface area contributed by atoms with Crippen molar-refractivity contribution in [2.24, 2.45) is 5.10 Å². The van der Waals surface area contributed by atoms with E-state index in [-0.39, 0.29) is 11.3 Å². The summed E-state index contributed by atoms with van der Waals surface area (Å²) in [7, 11) is 4.36. The number of nitrogens with one attached hydrogen (secondary N) is 1. The van der Waals surface area contributed by atoms with E-state index in [1.807, 2.05) is 0 Å². The molecule has 2 aromatic rings. The largest absolute Gasteiger partial charge is 0.493 e. The maximum atomic E-state index is 12.4. The molecule has 0 aromatic heterocycles. The Bertz CT molecular complexity index is 869. The van der Waals surface area contributed by atoms with E-state index >= 15 is 0 Å². The van der Waals surface area contributed by atoms with E-state index in [1.54, 1.807) is 19.1 Å². The summed E-state index contributed by atoms with van der Waals surface area (Å²) in [6.45, 7) is 1.63. The van der Waals surface area contributed by atoms with Crippen molar-refractivity contribution in [3.05, 3.63) is 57.6 Å². The van der Waals surface area contributed by atoms with Crippen LogP contribution in [0.5, 0.6) is 17.2 Å². The molecule has 0 radical (unpaired) electrons. The Morgan fingerprint density at radius 2 is 1.67 bits per heavy atom. The van der Waals surface area contributed by atoms with Crippen molar-refractivity contribution in [1.82, 2.24) is 5.43 Å². The maximum Gasteiger partial charge on any atom is 0.271 e. The molecule has 9 heteroatoms. The SMILES string of the molecule is COc1cc(C(=O)N/N=C(/C)c2cccc([N+](=O)[O-])c2)cc(OC)c1OC. The lowest BCUT2D eigenvalue weighted by Gasteiger charge is -2.13. The fourth-order valence-corrected chi connectivity index (χ4v) is 2.32. The third-order valence-corrected chi connectivity index (χ3v) is 3.73. The number of rotatable bonds is 7. The van der Waals surface area contributed by atoms with Gasteiger partial charge in [0.1, 0.15) is 0 Å². The van der Waals surface area contributed by atoms with Crippen molar-refractivity contribution in [3.8, 4) is 17.2 Å². The Labute approximate surface area is 155 Å². The van der Waals surface area contributed by atoms with Gasteiger partial charge in [0.05, 0.1) is 32.0 Å². The lowest BCUT2D eigenvalue weighted by molar-refractivity contribution is -0.384. The number of nitrogens with zero attached hydrogens (tertiary/aromatic N) is 2. The Balaban J connectivity index is 2.25. The minimum atomic E-state index is -0.501. The normalized spacial score (nSPS) is 10.9. The highest BCUT2D eigenvalue weighted by molar-refractivity contribution is 6.01. The molecule has 1 amide bonds. The molecule has 0 atom stereocenters. The molecule has 2 aromatic carbocycles. The monoisotopic (exact) mass is 373 g/mol. The summed E-state index contributed by atoms with van der Waals surface area (Å²) in [5.74, 6) is 0.537. The number of carbonyl (C=O) groups excluding carboxylic acids is 1. The van der Waals surface area contributed by atoms with Gasteiger partial charge < -0.3 is 14.2 Å². The predicted molar refractivity (Wildman–Crippen MR) is 98.9 cm³/mol. The smallest absolute Gasteiger partial charge is 0.271 e. The Hall–Kier alpha value is -3.62. The fraction of sp³-hybridized carbons (Fsp3) is 0.222. The Morgan fingerprint density at radius 1 is 1.04 bits per heavy atom. The number of nitro groups is 1. The van der Waals surface area contributed by atoms with E-state index in [2.05, 4.69) is 10.5 Å². The summed E-state index contributed by atoms with van der Waals surface area (Å²) in [6.07, 6.45) is 0. The second kappa shape index (κ2) is 8.65. The molecule has 0 saturated heterocycles. The van der Waals surface area contributed by atoms with Crippen LogP contribution in [0.2, 0.25) is 0 Å². The first-order valence-electron chi connectivity index (χ1n) is 7.80. The topological polar surface area (TPSA) is 112 Å². The van der Waals surface area contributed by atoms with Gasteiger partial charge in [-0.15, -0.1) is 0 Å². The molecule has 142 valence electrons. The van der Waals surface area contributed by atoms with Crippen LogP contribution >= 0.6 is 0 Å². The third kappa shape index (κ3) is 4.51. The summed E-state index contributed by atoms with van der Waals surface area (Å²) in [6, 6.07) is 8.96. The Morgan fingerprint density at radius 3 is 2.19 bits per heavy atom. The van der Waals surface area contributed by atoms with E-state index < -0.39 is 10.8 Å². The van der Waals surface area contributed by atoms with Crippen molar-refractivity contribution in [3.63, 3.8) is 0 Å². The lowest BCUT2D eigenvalue weighted by atomic mass is 10.1. The lowest BCUT2D eigenvalue weighted by Crippen LogP contribution is -2.19. The first-order valence-corrected chi connectivity index (χ1v) is 7.80. The first-order chi connectivity index (χ1) is 12.9. The highest BCUT2D eigenvalue weighted by Gasteiger charge is 2.17. The number of ether oxygens (including phenoxy) is 3. The van der Waals surface area contributed by atoms with E-state index in [9.17, 15) is 14.9 Å². The summed E-state index contributed by atoms with van der Waals surface area (Å²) >= 11 is 0. The molecule has 0 heterocycles. The molecular formula is C18H19N3O6. The van der Waals surface area contributed by atoms with Crippen LogP contribution in [-0.2, 0) is 0 Å². The van der Waals surface area contributed by atoms with Gasteiger partial charge in [0.15, 0.2) is 11.5 Å². The molecule has 2 rings (SSSR count). The second-order valence-electron chi connectivity index (χ2n) is 5.36. The zero-order valence-corrected chi connectivity index (χ0v) is 15.3. The van der Waals surface area contributed by atoms with Gasteiger partial charge in [-0.3, -0.25) is 14.9 Å². The standard InChI is InChI=1S/C18H19N3O6/c1-11(12-6-5-7-14(8-12)21(23)24)19-20-18(22)13-9-15(25-2)17(27-4)16(10-13)26-3/h5-10H,1-4H3,(H,20,22)/b19-11-. The van der Waals surface area contributed by atoms with Crippen LogP contribution in [0.3, 0.4) is 0 Å². The second-order valence-corrected chi connectivity index (χ2v) is 5.36. The average molecular weight is 373 g/mol. The van der Waals surface area contributed by atoms with Gasteiger partial charge in [-0.1, -0.05) is 12.1 Å². The number of nitro benzene ring substituents is 1. The highest BCUT2D eigenvalue weighted by Crippen LogP contribution is 2.38. The van der Waals surface area contributed by atoms with Gasteiger partial charge >= 0.3 is 0 Å². The van der Waals surface area contributed by atoms with Crippen molar-refractivity contribution in [2.75, 3.05) is 21.3 Å². The highest BCUT2D eigenvalue weighted by atomic mass is 16.6. The third-order valence-electron chi connectivity index (χ3n) is 3.73. The molecule has 27 heavy (non-hydrogen) atoms. The zero-order valence-electron chi connectivity index (χ0n) is 15.3. The van der Waals surface area contributed by atoms with Crippen molar-refractivity contribution in [2.45, 2.75) is 6.92 Å². The van der Waals surface area contributed by atoms with Gasteiger partial charge in [-0.25, -0.2) is 5.43 Å². The zero-order chi connectivity index (χ0) is 20.0. The number of amides is 1. The summed E-state index contributed by atoms with van der Waals surface area (Å²) < 4.78 is 15.6. The number of benzene rings is 2. The Kier molecular flexibility index (Phi) is 6.32. The van der Waals surface area contributed by atoms with Crippen LogP contribution in [0, 0.1) is 10.1 Å². The van der Waals surface area contributed by atoms with Crippen LogP contribution in [-0.4, -0.2) is 37.9 Å². The number of non-ortho nitro benzene ring substituents is 1. The number of hydrogen-bond acceptors (Lipinski definition) is 7. The number of carbonyl (C=O) groups is 1. The molecule has 0 spiro atoms. The summed E-state index contributed by atoms with van der Waals surface area (Å²) in [4.78, 5) is 22.8. The molecule has 0 aliphatic rings. The van der Waals surface area contributed by atoms with Gasteiger partial charge in [0.25, 0.3) is 11.6 Å². The summed E-state index contributed by atoms with van der Waals surface area (Å²) in [5.41, 5.74) is 3.54. The van der Waals surface area contributed by atoms with Gasteiger partial charge in [0.2, 0.25) is 5.75 Å².